The molecule has 1 aliphatic rings. The summed E-state index contributed by atoms with van der Waals surface area (Å²) < 4.78 is 5.20. The summed E-state index contributed by atoms with van der Waals surface area (Å²) in [6.07, 6.45) is 8.47. The quantitative estimate of drug-likeness (QED) is 0.371. The van der Waals surface area contributed by atoms with Crippen molar-refractivity contribution in [3.63, 3.8) is 0 Å². The molecule has 13 heavy (non-hydrogen) atoms. The fourth-order valence-electron chi connectivity index (χ4n) is 1.45. The molecule has 0 aromatic heterocycles. The van der Waals surface area contributed by atoms with Crippen molar-refractivity contribution in [2.24, 2.45) is 0 Å². The third-order valence-electron chi connectivity index (χ3n) is 2.08. The molecule has 1 saturated heterocycles. The Balaban J connectivity index is 2.56. The summed E-state index contributed by atoms with van der Waals surface area (Å²) in [5.74, 6) is -0.142. The number of cyclic esters (lactones) is 1. The molecular weight excluding hydrogens is 164 g/mol. The maximum absolute atomic E-state index is 11.3. The summed E-state index contributed by atoms with van der Waals surface area (Å²) in [6, 6.07) is 0. The minimum atomic E-state index is -0.142. The van der Waals surface area contributed by atoms with Gasteiger partial charge >= 0.3 is 5.97 Å². The van der Waals surface area contributed by atoms with Crippen molar-refractivity contribution < 1.29 is 9.53 Å². The van der Waals surface area contributed by atoms with Gasteiger partial charge in [0.25, 0.3) is 0 Å². The Bertz CT molecular complexity index is 238. The molecule has 0 amide bonds. The molecule has 1 unspecified atom stereocenters. The Kier molecular flexibility index (Phi) is 3.74. The molecule has 2 heteroatoms. The Labute approximate surface area is 79.3 Å². The molecule has 0 aromatic rings. The number of rotatable bonds is 2. The van der Waals surface area contributed by atoms with Gasteiger partial charge in [-0.3, -0.25) is 0 Å². The Morgan fingerprint density at radius 1 is 1.62 bits per heavy atom. The van der Waals surface area contributed by atoms with Crippen LogP contribution in [0.4, 0.5) is 0 Å². The van der Waals surface area contributed by atoms with Gasteiger partial charge in [0, 0.05) is 5.57 Å². The monoisotopic (exact) mass is 180 g/mol. The molecule has 0 saturated carbocycles. The van der Waals surface area contributed by atoms with Crippen molar-refractivity contribution in [2.75, 3.05) is 0 Å². The summed E-state index contributed by atoms with van der Waals surface area (Å²) >= 11 is 0. The van der Waals surface area contributed by atoms with Gasteiger partial charge in [0.2, 0.25) is 0 Å². The highest BCUT2D eigenvalue weighted by Gasteiger charge is 2.22. The van der Waals surface area contributed by atoms with E-state index in [1.807, 2.05) is 32.1 Å². The average molecular weight is 180 g/mol. The van der Waals surface area contributed by atoms with E-state index in [0.717, 1.165) is 24.8 Å². The van der Waals surface area contributed by atoms with E-state index in [2.05, 4.69) is 0 Å². The summed E-state index contributed by atoms with van der Waals surface area (Å²) in [6.45, 7) is 3.96. The fourth-order valence-corrected chi connectivity index (χ4v) is 1.45. The van der Waals surface area contributed by atoms with Crippen LogP contribution in [0.5, 0.6) is 0 Å². The maximum Gasteiger partial charge on any atom is 0.334 e. The molecule has 1 aliphatic heterocycles. The number of hydrogen-bond acceptors (Lipinski definition) is 2. The second-order valence-electron chi connectivity index (χ2n) is 3.15. The van der Waals surface area contributed by atoms with Crippen LogP contribution in [-0.4, -0.2) is 12.1 Å². The van der Waals surface area contributed by atoms with Crippen LogP contribution in [0.2, 0.25) is 0 Å². The zero-order valence-electron chi connectivity index (χ0n) is 8.25. The topological polar surface area (TPSA) is 26.3 Å². The Morgan fingerprint density at radius 2 is 2.38 bits per heavy atom. The lowest BCUT2D eigenvalue weighted by molar-refractivity contribution is -0.145. The van der Waals surface area contributed by atoms with Crippen LogP contribution in [0.3, 0.4) is 0 Å². The second kappa shape index (κ2) is 4.85. The molecular formula is C11H16O2. The van der Waals surface area contributed by atoms with Crippen molar-refractivity contribution in [3.8, 4) is 0 Å². The van der Waals surface area contributed by atoms with E-state index in [9.17, 15) is 4.79 Å². The van der Waals surface area contributed by atoms with Gasteiger partial charge in [-0.15, -0.1) is 0 Å². The van der Waals surface area contributed by atoms with E-state index in [1.54, 1.807) is 0 Å². The van der Waals surface area contributed by atoms with Crippen LogP contribution in [-0.2, 0) is 9.53 Å². The van der Waals surface area contributed by atoms with E-state index in [1.165, 1.54) is 0 Å². The SMILES string of the molecule is C/C=C/C1CC/C(=C\CC)C(=O)O1. The third-order valence-corrected chi connectivity index (χ3v) is 2.08. The molecule has 0 bridgehead atoms. The lowest BCUT2D eigenvalue weighted by Gasteiger charge is -2.21. The van der Waals surface area contributed by atoms with Gasteiger partial charge in [0.05, 0.1) is 0 Å². The van der Waals surface area contributed by atoms with Gasteiger partial charge in [-0.05, 0) is 32.3 Å². The first-order chi connectivity index (χ1) is 6.27. The zero-order chi connectivity index (χ0) is 9.68. The van der Waals surface area contributed by atoms with Crippen molar-refractivity contribution in [3.05, 3.63) is 23.8 Å². The summed E-state index contributed by atoms with van der Waals surface area (Å²) in [4.78, 5) is 11.3. The van der Waals surface area contributed by atoms with Crippen LogP contribution in [0.1, 0.15) is 33.1 Å². The highest BCUT2D eigenvalue weighted by Crippen LogP contribution is 2.20. The molecule has 72 valence electrons. The molecule has 0 radical (unpaired) electrons. The fraction of sp³-hybridized carbons (Fsp3) is 0.545. The standard InChI is InChI=1S/C11H16O2/c1-3-5-9-7-8-10(6-4-2)13-11(9)12/h4-6,10H,3,7-8H2,1-2H3/b6-4+,9-5+. The number of carbonyl (C=O) groups excluding carboxylic acids is 1. The first kappa shape index (κ1) is 10.0. The molecule has 0 aromatic carbocycles. The zero-order valence-corrected chi connectivity index (χ0v) is 8.25. The number of esters is 1. The Hall–Kier alpha value is -1.05. The van der Waals surface area contributed by atoms with Crippen LogP contribution < -0.4 is 0 Å². The van der Waals surface area contributed by atoms with E-state index < -0.39 is 0 Å². The summed E-state index contributed by atoms with van der Waals surface area (Å²) in [7, 11) is 0. The molecule has 1 rings (SSSR count). The Morgan fingerprint density at radius 3 is 2.92 bits per heavy atom. The summed E-state index contributed by atoms with van der Waals surface area (Å²) in [5.41, 5.74) is 0.836. The molecule has 1 fully saturated rings. The van der Waals surface area contributed by atoms with Crippen LogP contribution in [0, 0.1) is 0 Å². The van der Waals surface area contributed by atoms with Crippen LogP contribution in [0.15, 0.2) is 23.8 Å². The van der Waals surface area contributed by atoms with Crippen LogP contribution in [0.25, 0.3) is 0 Å². The van der Waals surface area contributed by atoms with E-state index in [-0.39, 0.29) is 12.1 Å². The van der Waals surface area contributed by atoms with Crippen molar-refractivity contribution in [2.45, 2.75) is 39.2 Å². The highest BCUT2D eigenvalue weighted by atomic mass is 16.5. The normalized spacial score (nSPS) is 26.8. The van der Waals surface area contributed by atoms with Crippen molar-refractivity contribution in [1.82, 2.24) is 0 Å². The molecule has 0 aliphatic carbocycles. The predicted octanol–water partition coefficient (Wildman–Crippen LogP) is 2.60. The van der Waals surface area contributed by atoms with E-state index in [0.29, 0.717) is 0 Å². The molecule has 0 N–H and O–H groups in total. The molecule has 0 spiro atoms. The number of ether oxygens (including phenoxy) is 1. The van der Waals surface area contributed by atoms with E-state index in [4.69, 9.17) is 4.74 Å². The van der Waals surface area contributed by atoms with Gasteiger partial charge in [-0.1, -0.05) is 19.1 Å². The lowest BCUT2D eigenvalue weighted by Crippen LogP contribution is -2.23. The second-order valence-corrected chi connectivity index (χ2v) is 3.15. The van der Waals surface area contributed by atoms with Gasteiger partial charge in [0.1, 0.15) is 6.10 Å². The van der Waals surface area contributed by atoms with E-state index >= 15 is 0 Å². The highest BCUT2D eigenvalue weighted by molar-refractivity contribution is 5.89. The van der Waals surface area contributed by atoms with Crippen molar-refractivity contribution >= 4 is 5.97 Å². The third kappa shape index (κ3) is 2.72. The van der Waals surface area contributed by atoms with Crippen molar-refractivity contribution in [1.29, 1.82) is 0 Å². The molecule has 1 heterocycles. The minimum Gasteiger partial charge on any atom is -0.455 e. The molecule has 1 atom stereocenters. The first-order valence-corrected chi connectivity index (χ1v) is 4.80. The largest absolute Gasteiger partial charge is 0.455 e. The predicted molar refractivity (Wildman–Crippen MR) is 52.3 cm³/mol. The number of allylic oxidation sites excluding steroid dienone is 2. The van der Waals surface area contributed by atoms with Gasteiger partial charge in [-0.25, -0.2) is 4.79 Å². The minimum absolute atomic E-state index is 0.00786. The molecule has 2 nitrogen and oxygen atoms in total. The maximum atomic E-state index is 11.3. The van der Waals surface area contributed by atoms with Gasteiger partial charge in [-0.2, -0.15) is 0 Å². The van der Waals surface area contributed by atoms with Gasteiger partial charge in [0.15, 0.2) is 0 Å². The number of hydrogen-bond donors (Lipinski definition) is 0. The lowest BCUT2D eigenvalue weighted by atomic mass is 10.0. The average Bonchev–Trinajstić information content (AvgIpc) is 2.10. The number of carbonyl (C=O) groups is 1. The van der Waals surface area contributed by atoms with Gasteiger partial charge < -0.3 is 4.74 Å². The summed E-state index contributed by atoms with van der Waals surface area (Å²) in [5, 5.41) is 0. The first-order valence-electron chi connectivity index (χ1n) is 4.80. The van der Waals surface area contributed by atoms with Crippen LogP contribution >= 0.6 is 0 Å². The smallest absolute Gasteiger partial charge is 0.334 e.